The number of benzene rings is 3. The second-order valence-electron chi connectivity index (χ2n) is 9.51. The quantitative estimate of drug-likeness (QED) is 0.241. The smallest absolute Gasteiger partial charge is 0.261 e. The summed E-state index contributed by atoms with van der Waals surface area (Å²) in [6, 6.07) is 24.8. The zero-order valence-corrected chi connectivity index (χ0v) is 23.5. The van der Waals surface area contributed by atoms with Crippen LogP contribution in [0, 0.1) is 0 Å². The molecule has 0 aliphatic rings. The Morgan fingerprint density at radius 1 is 0.919 bits per heavy atom. The average molecular weight is 566 g/mol. The summed E-state index contributed by atoms with van der Waals surface area (Å²) in [5.41, 5.74) is 3.15. The Morgan fingerprint density at radius 3 is 2.22 bits per heavy atom. The van der Waals surface area contributed by atoms with Crippen molar-refractivity contribution in [2.24, 2.45) is 0 Å². The number of carbonyl (C=O) groups is 2. The van der Waals surface area contributed by atoms with Gasteiger partial charge in [0.25, 0.3) is 5.91 Å². The number of ether oxygens (including phenoxy) is 1. The topological polar surface area (TPSA) is 58.6 Å². The van der Waals surface area contributed by atoms with Crippen LogP contribution < -0.4 is 10.1 Å². The number of hydrogen-bond donors (Lipinski definition) is 1. The van der Waals surface area contributed by atoms with Crippen LogP contribution in [0.2, 0.25) is 0 Å². The third-order valence-electron chi connectivity index (χ3n) is 6.28. The maximum absolute atomic E-state index is 13.6. The van der Waals surface area contributed by atoms with E-state index in [4.69, 9.17) is 4.74 Å². The fourth-order valence-electron chi connectivity index (χ4n) is 4.02. The molecule has 0 fully saturated rings. The molecule has 0 saturated heterocycles. The number of nitrogens with one attached hydrogen (secondary N) is 1. The van der Waals surface area contributed by atoms with Gasteiger partial charge in [-0.25, -0.2) is 0 Å². The molecule has 2 amide bonds. The Balaban J connectivity index is 1.85. The van der Waals surface area contributed by atoms with Gasteiger partial charge in [0.05, 0.1) is 0 Å². The molecule has 0 unspecified atom stereocenters. The first-order valence-corrected chi connectivity index (χ1v) is 13.7. The molecule has 0 spiro atoms. The third kappa shape index (κ3) is 9.04. The molecule has 0 bridgehead atoms. The van der Waals surface area contributed by atoms with Gasteiger partial charge in [0.2, 0.25) is 5.91 Å². The van der Waals surface area contributed by atoms with Gasteiger partial charge in [-0.05, 0) is 53.3 Å². The fraction of sp³-hybridized carbons (Fsp3) is 0.355. The number of amides is 2. The number of nitrogens with zero attached hydrogens (tertiary/aromatic N) is 1. The van der Waals surface area contributed by atoms with Crippen LogP contribution >= 0.6 is 15.9 Å². The van der Waals surface area contributed by atoms with Crippen molar-refractivity contribution in [3.63, 3.8) is 0 Å². The molecule has 3 aromatic rings. The summed E-state index contributed by atoms with van der Waals surface area (Å²) in [6.07, 6.45) is 2.29. The summed E-state index contributed by atoms with van der Waals surface area (Å²) in [6.45, 7) is 7.10. The minimum atomic E-state index is -0.665. The molecule has 1 N–H and O–H groups in total. The predicted molar refractivity (Wildman–Crippen MR) is 153 cm³/mol. The van der Waals surface area contributed by atoms with Gasteiger partial charge in [-0.1, -0.05) is 97.7 Å². The van der Waals surface area contributed by atoms with Crippen molar-refractivity contribution in [3.8, 4) is 5.75 Å². The lowest BCUT2D eigenvalue weighted by atomic mass is 10.0. The summed E-state index contributed by atoms with van der Waals surface area (Å²) >= 11 is 3.47. The standard InChI is InChI=1S/C31H37BrN2O3/c1-4-5-19-33-31(36)29(20-24-9-7-6-8-10-24)34(21-25-11-15-27(32)16-12-25)30(35)22-37-28-17-13-26(14-18-28)23(2)3/h6-18,23,29H,4-5,19-22H2,1-3H3,(H,33,36)/t29-/m0/s1. The van der Waals surface area contributed by atoms with Gasteiger partial charge in [-0.2, -0.15) is 0 Å². The van der Waals surface area contributed by atoms with Gasteiger partial charge in [0, 0.05) is 24.0 Å². The Hall–Kier alpha value is -3.12. The molecule has 3 rings (SSSR count). The van der Waals surface area contributed by atoms with Crippen LogP contribution in [-0.4, -0.2) is 35.9 Å². The zero-order chi connectivity index (χ0) is 26.6. The molecule has 37 heavy (non-hydrogen) atoms. The molecule has 1 atom stereocenters. The zero-order valence-electron chi connectivity index (χ0n) is 22.0. The minimum absolute atomic E-state index is 0.148. The van der Waals surface area contributed by atoms with Crippen LogP contribution in [0.5, 0.6) is 5.75 Å². The second-order valence-corrected chi connectivity index (χ2v) is 10.4. The van der Waals surface area contributed by atoms with E-state index in [1.807, 2.05) is 78.9 Å². The first-order chi connectivity index (χ1) is 17.9. The Kier molecular flexibility index (Phi) is 11.2. The fourth-order valence-corrected chi connectivity index (χ4v) is 4.29. The first-order valence-electron chi connectivity index (χ1n) is 13.0. The lowest BCUT2D eigenvalue weighted by molar-refractivity contribution is -0.142. The molecule has 0 radical (unpaired) electrons. The van der Waals surface area contributed by atoms with Crippen LogP contribution in [0.4, 0.5) is 0 Å². The van der Waals surface area contributed by atoms with Crippen LogP contribution in [0.1, 0.15) is 56.2 Å². The number of carbonyl (C=O) groups excluding carboxylic acids is 2. The molecular weight excluding hydrogens is 528 g/mol. The van der Waals surface area contributed by atoms with E-state index in [2.05, 4.69) is 42.0 Å². The lowest BCUT2D eigenvalue weighted by Crippen LogP contribution is -2.51. The van der Waals surface area contributed by atoms with Crippen molar-refractivity contribution < 1.29 is 14.3 Å². The highest BCUT2D eigenvalue weighted by Gasteiger charge is 2.30. The molecule has 3 aromatic carbocycles. The molecule has 0 heterocycles. The summed E-state index contributed by atoms with van der Waals surface area (Å²) in [4.78, 5) is 28.7. The van der Waals surface area contributed by atoms with Crippen molar-refractivity contribution in [3.05, 3.63) is 100 Å². The van der Waals surface area contributed by atoms with E-state index >= 15 is 0 Å². The van der Waals surface area contributed by atoms with E-state index in [0.29, 0.717) is 31.2 Å². The van der Waals surface area contributed by atoms with Gasteiger partial charge in [0.15, 0.2) is 6.61 Å². The van der Waals surface area contributed by atoms with E-state index in [1.165, 1.54) is 5.56 Å². The largest absolute Gasteiger partial charge is 0.484 e. The van der Waals surface area contributed by atoms with E-state index < -0.39 is 6.04 Å². The van der Waals surface area contributed by atoms with Crippen molar-refractivity contribution in [1.29, 1.82) is 0 Å². The maximum Gasteiger partial charge on any atom is 0.261 e. The first kappa shape index (κ1) is 28.5. The predicted octanol–water partition coefficient (Wildman–Crippen LogP) is 6.51. The van der Waals surface area contributed by atoms with Crippen molar-refractivity contribution in [2.45, 2.75) is 58.5 Å². The molecule has 0 aromatic heterocycles. The summed E-state index contributed by atoms with van der Waals surface area (Å²) < 4.78 is 6.85. The summed E-state index contributed by atoms with van der Waals surface area (Å²) in [5.74, 6) is 0.668. The molecule has 0 aliphatic carbocycles. The minimum Gasteiger partial charge on any atom is -0.484 e. The van der Waals surface area contributed by atoms with E-state index in [9.17, 15) is 9.59 Å². The van der Waals surface area contributed by atoms with Crippen molar-refractivity contribution in [1.82, 2.24) is 10.2 Å². The Bertz CT molecular complexity index is 1120. The SMILES string of the molecule is CCCCNC(=O)[C@H](Cc1ccccc1)N(Cc1ccc(Br)cc1)C(=O)COc1ccc(C(C)C)cc1. The van der Waals surface area contributed by atoms with Crippen molar-refractivity contribution in [2.75, 3.05) is 13.2 Å². The monoisotopic (exact) mass is 564 g/mol. The normalized spacial score (nSPS) is 11.7. The summed E-state index contributed by atoms with van der Waals surface area (Å²) in [7, 11) is 0. The van der Waals surface area contributed by atoms with Gasteiger partial charge in [0.1, 0.15) is 11.8 Å². The number of halogens is 1. The van der Waals surface area contributed by atoms with Crippen LogP contribution in [0.15, 0.2) is 83.3 Å². The van der Waals surface area contributed by atoms with E-state index in [-0.39, 0.29) is 18.4 Å². The Labute approximate surface area is 229 Å². The van der Waals surface area contributed by atoms with Crippen LogP contribution in [0.3, 0.4) is 0 Å². The number of unbranched alkanes of at least 4 members (excludes halogenated alkanes) is 1. The summed E-state index contributed by atoms with van der Waals surface area (Å²) in [5, 5.41) is 3.04. The highest BCUT2D eigenvalue weighted by Crippen LogP contribution is 2.20. The van der Waals surface area contributed by atoms with Gasteiger partial charge in [-0.15, -0.1) is 0 Å². The lowest BCUT2D eigenvalue weighted by Gasteiger charge is -2.31. The van der Waals surface area contributed by atoms with Gasteiger partial charge < -0.3 is 15.0 Å². The third-order valence-corrected chi connectivity index (χ3v) is 6.80. The maximum atomic E-state index is 13.6. The number of hydrogen-bond acceptors (Lipinski definition) is 3. The average Bonchev–Trinajstić information content (AvgIpc) is 2.91. The highest BCUT2D eigenvalue weighted by atomic mass is 79.9. The molecule has 5 nitrogen and oxygen atoms in total. The van der Waals surface area contributed by atoms with Crippen molar-refractivity contribution >= 4 is 27.7 Å². The molecule has 196 valence electrons. The second kappa shape index (κ2) is 14.6. The van der Waals surface area contributed by atoms with Gasteiger partial charge in [-0.3, -0.25) is 9.59 Å². The van der Waals surface area contributed by atoms with Gasteiger partial charge >= 0.3 is 0 Å². The highest BCUT2D eigenvalue weighted by molar-refractivity contribution is 9.10. The molecule has 6 heteroatoms. The molecular formula is C31H37BrN2O3. The molecule has 0 saturated carbocycles. The van der Waals surface area contributed by atoms with Crippen LogP contribution in [-0.2, 0) is 22.6 Å². The van der Waals surface area contributed by atoms with E-state index in [1.54, 1.807) is 4.90 Å². The van der Waals surface area contributed by atoms with Crippen LogP contribution in [0.25, 0.3) is 0 Å². The number of rotatable bonds is 13. The van der Waals surface area contributed by atoms with E-state index in [0.717, 1.165) is 28.4 Å². The molecule has 0 aliphatic heterocycles. The Morgan fingerprint density at radius 2 is 1.59 bits per heavy atom.